The maximum Gasteiger partial charge on any atom is 0.322 e. The molecule has 1 aromatic rings. The second kappa shape index (κ2) is 6.18. The Bertz CT molecular complexity index is 396. The van der Waals surface area contributed by atoms with Crippen molar-refractivity contribution in [3.8, 4) is 6.01 Å². The van der Waals surface area contributed by atoms with E-state index >= 15 is 0 Å². The van der Waals surface area contributed by atoms with Crippen LogP contribution < -0.4 is 10.1 Å². The Morgan fingerprint density at radius 3 is 2.50 bits per heavy atom. The van der Waals surface area contributed by atoms with Gasteiger partial charge in [-0.15, -0.1) is 0 Å². The van der Waals surface area contributed by atoms with Crippen molar-refractivity contribution in [2.75, 3.05) is 5.32 Å². The lowest BCUT2D eigenvalue weighted by atomic mass is 9.99. The SMILES string of the molecule is CCCC(C)(C)Nc1nc(Cl)nc(OC(C)C)n1. The number of hydrogen-bond donors (Lipinski definition) is 1. The van der Waals surface area contributed by atoms with E-state index in [2.05, 4.69) is 41.0 Å². The molecule has 1 heterocycles. The maximum absolute atomic E-state index is 5.86. The smallest absolute Gasteiger partial charge is 0.322 e. The maximum atomic E-state index is 5.86. The summed E-state index contributed by atoms with van der Waals surface area (Å²) in [5, 5.41) is 3.38. The number of halogens is 1. The molecule has 1 N–H and O–H groups in total. The van der Waals surface area contributed by atoms with Crippen molar-refractivity contribution < 1.29 is 4.74 Å². The van der Waals surface area contributed by atoms with Gasteiger partial charge in [0.25, 0.3) is 0 Å². The molecule has 0 fully saturated rings. The fraction of sp³-hybridized carbons (Fsp3) is 0.750. The summed E-state index contributed by atoms with van der Waals surface area (Å²) in [6.45, 7) is 10.1. The average molecular weight is 273 g/mol. The molecule has 0 aliphatic carbocycles. The van der Waals surface area contributed by atoms with Gasteiger partial charge >= 0.3 is 6.01 Å². The summed E-state index contributed by atoms with van der Waals surface area (Å²) in [5.41, 5.74) is -0.0888. The molecule has 0 bridgehead atoms. The number of nitrogens with one attached hydrogen (secondary N) is 1. The van der Waals surface area contributed by atoms with Crippen molar-refractivity contribution >= 4 is 17.5 Å². The van der Waals surface area contributed by atoms with Crippen molar-refractivity contribution in [2.45, 2.75) is 59.1 Å². The van der Waals surface area contributed by atoms with Crippen LogP contribution >= 0.6 is 11.6 Å². The van der Waals surface area contributed by atoms with Crippen LogP contribution in [0.5, 0.6) is 6.01 Å². The molecule has 5 nitrogen and oxygen atoms in total. The molecule has 18 heavy (non-hydrogen) atoms. The van der Waals surface area contributed by atoms with E-state index in [1.54, 1.807) is 0 Å². The molecule has 1 aromatic heterocycles. The fourth-order valence-corrected chi connectivity index (χ4v) is 1.79. The van der Waals surface area contributed by atoms with Crippen LogP contribution in [0, 0.1) is 0 Å². The highest BCUT2D eigenvalue weighted by molar-refractivity contribution is 6.28. The minimum atomic E-state index is -0.0888. The molecule has 1 rings (SSSR count). The Morgan fingerprint density at radius 1 is 1.28 bits per heavy atom. The second-order valence-corrected chi connectivity index (χ2v) is 5.47. The lowest BCUT2D eigenvalue weighted by Crippen LogP contribution is -2.31. The van der Waals surface area contributed by atoms with Crippen molar-refractivity contribution in [3.63, 3.8) is 0 Å². The van der Waals surface area contributed by atoms with Crippen LogP contribution in [-0.4, -0.2) is 26.6 Å². The molecule has 0 saturated carbocycles. The van der Waals surface area contributed by atoms with Gasteiger partial charge in [0, 0.05) is 5.54 Å². The fourth-order valence-electron chi connectivity index (χ4n) is 1.64. The summed E-state index contributed by atoms with van der Waals surface area (Å²) < 4.78 is 5.42. The molecule has 0 atom stereocenters. The quantitative estimate of drug-likeness (QED) is 0.861. The first-order valence-corrected chi connectivity index (χ1v) is 6.56. The Morgan fingerprint density at radius 2 is 1.94 bits per heavy atom. The Labute approximate surface area is 113 Å². The van der Waals surface area contributed by atoms with Gasteiger partial charge < -0.3 is 10.1 Å². The van der Waals surface area contributed by atoms with E-state index in [0.29, 0.717) is 5.95 Å². The van der Waals surface area contributed by atoms with E-state index in [4.69, 9.17) is 16.3 Å². The molecule has 0 aliphatic rings. The van der Waals surface area contributed by atoms with E-state index in [9.17, 15) is 0 Å². The third-order valence-corrected chi connectivity index (χ3v) is 2.42. The van der Waals surface area contributed by atoms with Crippen molar-refractivity contribution in [2.24, 2.45) is 0 Å². The van der Waals surface area contributed by atoms with Gasteiger partial charge in [0.15, 0.2) is 0 Å². The zero-order chi connectivity index (χ0) is 13.8. The zero-order valence-electron chi connectivity index (χ0n) is 11.6. The van der Waals surface area contributed by atoms with Crippen molar-refractivity contribution in [1.29, 1.82) is 0 Å². The highest BCUT2D eigenvalue weighted by Gasteiger charge is 2.18. The summed E-state index contributed by atoms with van der Waals surface area (Å²) in [5.74, 6) is 0.448. The van der Waals surface area contributed by atoms with Crippen molar-refractivity contribution in [1.82, 2.24) is 15.0 Å². The van der Waals surface area contributed by atoms with Crippen LogP contribution in [0.3, 0.4) is 0 Å². The van der Waals surface area contributed by atoms with Crippen LogP contribution in [0.15, 0.2) is 0 Å². The van der Waals surface area contributed by atoms with Crippen LogP contribution in [0.2, 0.25) is 5.28 Å². The number of nitrogens with zero attached hydrogens (tertiary/aromatic N) is 3. The molecule has 0 radical (unpaired) electrons. The number of rotatable bonds is 6. The topological polar surface area (TPSA) is 59.9 Å². The third kappa shape index (κ3) is 5.04. The summed E-state index contributed by atoms with van der Waals surface area (Å²) in [7, 11) is 0. The van der Waals surface area contributed by atoms with Gasteiger partial charge in [-0.1, -0.05) is 13.3 Å². The summed E-state index contributed by atoms with van der Waals surface area (Å²) in [6, 6.07) is 0.250. The minimum Gasteiger partial charge on any atom is -0.461 e. The van der Waals surface area contributed by atoms with Crippen LogP contribution in [-0.2, 0) is 0 Å². The molecule has 6 heteroatoms. The van der Waals surface area contributed by atoms with Gasteiger partial charge in [-0.25, -0.2) is 0 Å². The largest absolute Gasteiger partial charge is 0.461 e. The lowest BCUT2D eigenvalue weighted by molar-refractivity contribution is 0.221. The molecular weight excluding hydrogens is 252 g/mol. The van der Waals surface area contributed by atoms with Crippen molar-refractivity contribution in [3.05, 3.63) is 5.28 Å². The second-order valence-electron chi connectivity index (χ2n) is 5.14. The Balaban J connectivity index is 2.85. The van der Waals surface area contributed by atoms with Gasteiger partial charge in [0.1, 0.15) is 0 Å². The number of anilines is 1. The first-order valence-electron chi connectivity index (χ1n) is 6.19. The predicted molar refractivity (Wildman–Crippen MR) is 73.2 cm³/mol. The molecular formula is C12H21ClN4O. The predicted octanol–water partition coefficient (Wildman–Crippen LogP) is 3.30. The van der Waals surface area contributed by atoms with Gasteiger partial charge in [0.05, 0.1) is 6.10 Å². The summed E-state index contributed by atoms with van der Waals surface area (Å²) in [6.07, 6.45) is 2.09. The first kappa shape index (κ1) is 15.0. The first-order chi connectivity index (χ1) is 8.32. The average Bonchev–Trinajstić information content (AvgIpc) is 2.13. The number of aromatic nitrogens is 3. The Hall–Kier alpha value is -1.10. The van der Waals surface area contributed by atoms with Gasteiger partial charge in [-0.2, -0.15) is 15.0 Å². The molecule has 0 amide bonds. The molecule has 0 saturated heterocycles. The van der Waals surface area contributed by atoms with Crippen LogP contribution in [0.1, 0.15) is 47.5 Å². The van der Waals surface area contributed by atoms with E-state index in [0.717, 1.165) is 12.8 Å². The zero-order valence-corrected chi connectivity index (χ0v) is 12.4. The van der Waals surface area contributed by atoms with E-state index in [-0.39, 0.29) is 22.9 Å². The lowest BCUT2D eigenvalue weighted by Gasteiger charge is -2.25. The summed E-state index contributed by atoms with van der Waals surface area (Å²) >= 11 is 5.86. The molecule has 0 spiro atoms. The van der Waals surface area contributed by atoms with Gasteiger partial charge in [0.2, 0.25) is 11.2 Å². The molecule has 0 unspecified atom stereocenters. The monoisotopic (exact) mass is 272 g/mol. The Kier molecular flexibility index (Phi) is 5.14. The standard InChI is InChI=1S/C12H21ClN4O/c1-6-7-12(4,5)17-10-14-9(13)15-11(16-10)18-8(2)3/h8H,6-7H2,1-5H3,(H,14,15,16,17). The molecule has 0 aromatic carbocycles. The highest BCUT2D eigenvalue weighted by atomic mass is 35.5. The minimum absolute atomic E-state index is 0.0000290. The van der Waals surface area contributed by atoms with Gasteiger partial charge in [-0.3, -0.25) is 0 Å². The molecule has 102 valence electrons. The van der Waals surface area contributed by atoms with E-state index < -0.39 is 0 Å². The van der Waals surface area contributed by atoms with Crippen LogP contribution in [0.4, 0.5) is 5.95 Å². The van der Waals surface area contributed by atoms with Crippen LogP contribution in [0.25, 0.3) is 0 Å². The van der Waals surface area contributed by atoms with Gasteiger partial charge in [-0.05, 0) is 45.7 Å². The number of ether oxygens (including phenoxy) is 1. The number of hydrogen-bond acceptors (Lipinski definition) is 5. The van der Waals surface area contributed by atoms with E-state index in [1.807, 2.05) is 13.8 Å². The van der Waals surface area contributed by atoms with E-state index in [1.165, 1.54) is 0 Å². The molecule has 0 aliphatic heterocycles. The normalized spacial score (nSPS) is 11.7. The highest BCUT2D eigenvalue weighted by Crippen LogP contribution is 2.19. The summed E-state index contributed by atoms with van der Waals surface area (Å²) in [4.78, 5) is 12.2. The third-order valence-electron chi connectivity index (χ3n) is 2.25.